The van der Waals surface area contributed by atoms with Crippen molar-refractivity contribution in [2.24, 2.45) is 0 Å². The van der Waals surface area contributed by atoms with Gasteiger partial charge in [0.15, 0.2) is 0 Å². The first-order valence-electron chi connectivity index (χ1n) is 6.87. The molecule has 2 aromatic rings. The van der Waals surface area contributed by atoms with Crippen molar-refractivity contribution >= 4 is 10.0 Å². The highest BCUT2D eigenvalue weighted by Gasteiger charge is 2.15. The van der Waals surface area contributed by atoms with E-state index < -0.39 is 10.0 Å². The van der Waals surface area contributed by atoms with Crippen molar-refractivity contribution in [3.05, 3.63) is 59.4 Å². The van der Waals surface area contributed by atoms with E-state index in [9.17, 15) is 12.8 Å². The number of sulfonamides is 1. The quantitative estimate of drug-likeness (QED) is 0.889. The number of methoxy groups -OCH3 is 1. The van der Waals surface area contributed by atoms with Crippen LogP contribution in [0, 0.1) is 5.82 Å². The van der Waals surface area contributed by atoms with Crippen LogP contribution in [0.5, 0.6) is 5.75 Å². The SMILES string of the molecule is CCc1cc(S(=O)(=O)NCc2ccc(F)cc2)ccc1OC. The molecular weight excluding hydrogens is 305 g/mol. The molecule has 0 unspecified atom stereocenters. The Balaban J connectivity index is 2.17. The summed E-state index contributed by atoms with van der Waals surface area (Å²) in [6.07, 6.45) is 0.671. The molecule has 0 aromatic heterocycles. The molecule has 0 aliphatic carbocycles. The molecule has 2 rings (SSSR count). The third-order valence-corrected chi connectivity index (χ3v) is 4.72. The summed E-state index contributed by atoms with van der Waals surface area (Å²) in [7, 11) is -2.07. The average molecular weight is 323 g/mol. The molecule has 118 valence electrons. The first-order chi connectivity index (χ1) is 10.5. The van der Waals surface area contributed by atoms with Gasteiger partial charge in [-0.1, -0.05) is 19.1 Å². The fourth-order valence-electron chi connectivity index (χ4n) is 2.06. The van der Waals surface area contributed by atoms with Crippen LogP contribution in [0.4, 0.5) is 4.39 Å². The molecule has 0 amide bonds. The lowest BCUT2D eigenvalue weighted by Crippen LogP contribution is -2.23. The van der Waals surface area contributed by atoms with Crippen LogP contribution in [-0.4, -0.2) is 15.5 Å². The van der Waals surface area contributed by atoms with Gasteiger partial charge >= 0.3 is 0 Å². The number of halogens is 1. The van der Waals surface area contributed by atoms with Crippen molar-refractivity contribution in [3.63, 3.8) is 0 Å². The smallest absolute Gasteiger partial charge is 0.240 e. The van der Waals surface area contributed by atoms with Gasteiger partial charge in [0.2, 0.25) is 10.0 Å². The van der Waals surface area contributed by atoms with Crippen LogP contribution in [0.2, 0.25) is 0 Å². The molecule has 0 radical (unpaired) electrons. The van der Waals surface area contributed by atoms with Gasteiger partial charge in [0.05, 0.1) is 12.0 Å². The highest BCUT2D eigenvalue weighted by atomic mass is 32.2. The minimum absolute atomic E-state index is 0.107. The summed E-state index contributed by atoms with van der Waals surface area (Å²) in [4.78, 5) is 0.187. The molecule has 0 fully saturated rings. The number of rotatable bonds is 6. The molecule has 0 heterocycles. The molecule has 0 atom stereocenters. The summed E-state index contributed by atoms with van der Waals surface area (Å²) in [6.45, 7) is 2.04. The fraction of sp³-hybridized carbons (Fsp3) is 0.250. The minimum Gasteiger partial charge on any atom is -0.496 e. The molecule has 0 bridgehead atoms. The first-order valence-corrected chi connectivity index (χ1v) is 8.35. The number of aryl methyl sites for hydroxylation is 1. The lowest BCUT2D eigenvalue weighted by Gasteiger charge is -2.11. The Morgan fingerprint density at radius 1 is 1.14 bits per heavy atom. The third kappa shape index (κ3) is 3.84. The maximum Gasteiger partial charge on any atom is 0.240 e. The molecular formula is C16H18FNO3S. The lowest BCUT2D eigenvalue weighted by atomic mass is 10.1. The second-order valence-corrected chi connectivity index (χ2v) is 6.55. The van der Waals surface area contributed by atoms with Gasteiger partial charge in [-0.3, -0.25) is 0 Å². The summed E-state index contributed by atoms with van der Waals surface area (Å²) < 4.78 is 45.2. The van der Waals surface area contributed by atoms with Gasteiger partial charge in [0.1, 0.15) is 11.6 Å². The van der Waals surface area contributed by atoms with E-state index in [1.54, 1.807) is 31.4 Å². The molecule has 0 aliphatic heterocycles. The monoisotopic (exact) mass is 323 g/mol. The van der Waals surface area contributed by atoms with Gasteiger partial charge in [-0.2, -0.15) is 0 Å². The van der Waals surface area contributed by atoms with E-state index in [1.165, 1.54) is 18.2 Å². The molecule has 1 N–H and O–H groups in total. The van der Waals surface area contributed by atoms with E-state index in [2.05, 4.69) is 4.72 Å². The summed E-state index contributed by atoms with van der Waals surface area (Å²) in [5, 5.41) is 0. The van der Waals surface area contributed by atoms with E-state index in [0.29, 0.717) is 17.7 Å². The van der Waals surface area contributed by atoms with Crippen LogP contribution in [0.3, 0.4) is 0 Å². The summed E-state index contributed by atoms with van der Waals surface area (Å²) in [5.74, 6) is 0.314. The first kappa shape index (κ1) is 16.5. The maximum atomic E-state index is 12.8. The molecule has 6 heteroatoms. The Morgan fingerprint density at radius 2 is 1.82 bits per heavy atom. The highest BCUT2D eigenvalue weighted by molar-refractivity contribution is 7.89. The average Bonchev–Trinajstić information content (AvgIpc) is 2.53. The van der Waals surface area contributed by atoms with Crippen molar-refractivity contribution in [1.29, 1.82) is 0 Å². The van der Waals surface area contributed by atoms with Crippen LogP contribution in [-0.2, 0) is 23.0 Å². The van der Waals surface area contributed by atoms with Gasteiger partial charge in [-0.25, -0.2) is 17.5 Å². The van der Waals surface area contributed by atoms with Crippen LogP contribution in [0.15, 0.2) is 47.4 Å². The van der Waals surface area contributed by atoms with E-state index in [0.717, 1.165) is 5.56 Å². The largest absolute Gasteiger partial charge is 0.496 e. The van der Waals surface area contributed by atoms with Crippen LogP contribution < -0.4 is 9.46 Å². The zero-order valence-electron chi connectivity index (χ0n) is 12.5. The Morgan fingerprint density at radius 3 is 2.41 bits per heavy atom. The number of nitrogens with one attached hydrogen (secondary N) is 1. The molecule has 0 aliphatic rings. The van der Waals surface area contributed by atoms with Gasteiger partial charge in [-0.05, 0) is 47.9 Å². The molecule has 4 nitrogen and oxygen atoms in total. The second-order valence-electron chi connectivity index (χ2n) is 4.78. The van der Waals surface area contributed by atoms with Crippen molar-refractivity contribution < 1.29 is 17.5 Å². The Bertz CT molecular complexity index is 742. The number of hydrogen-bond acceptors (Lipinski definition) is 3. The topological polar surface area (TPSA) is 55.4 Å². The zero-order chi connectivity index (χ0) is 16.2. The predicted molar refractivity (Wildman–Crippen MR) is 82.8 cm³/mol. The van der Waals surface area contributed by atoms with Gasteiger partial charge in [0, 0.05) is 6.54 Å². The van der Waals surface area contributed by atoms with Crippen LogP contribution in [0.25, 0.3) is 0 Å². The standard InChI is InChI=1S/C16H18FNO3S/c1-3-13-10-15(8-9-16(13)21-2)22(19,20)18-11-12-4-6-14(17)7-5-12/h4-10,18H,3,11H2,1-2H3. The van der Waals surface area contributed by atoms with E-state index in [1.807, 2.05) is 6.92 Å². The Kier molecular flexibility index (Phi) is 5.15. The van der Waals surface area contributed by atoms with Crippen molar-refractivity contribution in [3.8, 4) is 5.75 Å². The van der Waals surface area contributed by atoms with E-state index >= 15 is 0 Å². The normalized spacial score (nSPS) is 11.4. The lowest BCUT2D eigenvalue weighted by molar-refractivity contribution is 0.409. The van der Waals surface area contributed by atoms with Crippen LogP contribution >= 0.6 is 0 Å². The molecule has 0 saturated heterocycles. The van der Waals surface area contributed by atoms with Gasteiger partial charge in [-0.15, -0.1) is 0 Å². The third-order valence-electron chi connectivity index (χ3n) is 3.32. The van der Waals surface area contributed by atoms with Crippen molar-refractivity contribution in [2.75, 3.05) is 7.11 Å². The molecule has 22 heavy (non-hydrogen) atoms. The van der Waals surface area contributed by atoms with E-state index in [-0.39, 0.29) is 17.3 Å². The van der Waals surface area contributed by atoms with Crippen molar-refractivity contribution in [1.82, 2.24) is 4.72 Å². The maximum absolute atomic E-state index is 12.8. The predicted octanol–water partition coefficient (Wildman–Crippen LogP) is 2.88. The van der Waals surface area contributed by atoms with E-state index in [4.69, 9.17) is 4.74 Å². The van der Waals surface area contributed by atoms with Gasteiger partial charge < -0.3 is 4.74 Å². The van der Waals surface area contributed by atoms with Gasteiger partial charge in [0.25, 0.3) is 0 Å². The highest BCUT2D eigenvalue weighted by Crippen LogP contribution is 2.23. The molecule has 0 spiro atoms. The number of benzene rings is 2. The Hall–Kier alpha value is -1.92. The Labute approximate surface area is 130 Å². The fourth-order valence-corrected chi connectivity index (χ4v) is 3.13. The van der Waals surface area contributed by atoms with Crippen molar-refractivity contribution in [2.45, 2.75) is 24.8 Å². The number of ether oxygens (including phenoxy) is 1. The number of hydrogen-bond donors (Lipinski definition) is 1. The zero-order valence-corrected chi connectivity index (χ0v) is 13.3. The summed E-state index contributed by atoms with van der Waals surface area (Å²) in [6, 6.07) is 10.4. The second kappa shape index (κ2) is 6.89. The molecule has 2 aromatic carbocycles. The van der Waals surface area contributed by atoms with Crippen LogP contribution in [0.1, 0.15) is 18.1 Å². The summed E-state index contributed by atoms with van der Waals surface area (Å²) in [5.41, 5.74) is 1.52. The summed E-state index contributed by atoms with van der Waals surface area (Å²) >= 11 is 0. The minimum atomic E-state index is -3.63. The molecule has 0 saturated carbocycles.